The zero-order chi connectivity index (χ0) is 14.8. The van der Waals surface area contributed by atoms with E-state index in [1.165, 1.54) is 19.2 Å². The minimum Gasteiger partial charge on any atom is -0.493 e. The van der Waals surface area contributed by atoms with E-state index in [-0.39, 0.29) is 10.6 Å². The van der Waals surface area contributed by atoms with Crippen LogP contribution < -0.4 is 8.92 Å². The normalized spacial score (nSPS) is 11.2. The predicted molar refractivity (Wildman–Crippen MR) is 84.7 cm³/mol. The molecule has 6 heteroatoms. The van der Waals surface area contributed by atoms with Crippen LogP contribution in [0.1, 0.15) is 5.56 Å². The summed E-state index contributed by atoms with van der Waals surface area (Å²) in [5.41, 5.74) is 0.982. The summed E-state index contributed by atoms with van der Waals surface area (Å²) in [5.74, 6) is 0.557. The fourth-order valence-corrected chi connectivity index (χ4v) is 2.98. The molecule has 0 spiro atoms. The number of halogens is 1. The molecule has 4 nitrogen and oxygen atoms in total. The number of methoxy groups -OCH3 is 1. The summed E-state index contributed by atoms with van der Waals surface area (Å²) in [4.78, 5) is 0.115. The molecule has 0 amide bonds. The van der Waals surface area contributed by atoms with Crippen molar-refractivity contribution in [3.05, 3.63) is 51.6 Å². The monoisotopic (exact) mass is 404 g/mol. The first-order valence-electron chi connectivity index (χ1n) is 5.77. The van der Waals surface area contributed by atoms with Gasteiger partial charge in [0, 0.05) is 3.57 Å². The van der Waals surface area contributed by atoms with Crippen molar-refractivity contribution in [2.24, 2.45) is 0 Å². The van der Waals surface area contributed by atoms with Gasteiger partial charge >= 0.3 is 10.1 Å². The van der Waals surface area contributed by atoms with Crippen molar-refractivity contribution in [1.29, 1.82) is 0 Å². The van der Waals surface area contributed by atoms with Gasteiger partial charge in [-0.1, -0.05) is 17.7 Å². The molecule has 0 fully saturated rings. The average Bonchev–Trinajstić information content (AvgIpc) is 2.41. The van der Waals surface area contributed by atoms with Gasteiger partial charge in [0.2, 0.25) is 0 Å². The fraction of sp³-hybridized carbons (Fsp3) is 0.143. The smallest absolute Gasteiger partial charge is 0.339 e. The fourth-order valence-electron chi connectivity index (χ4n) is 1.58. The van der Waals surface area contributed by atoms with Crippen molar-refractivity contribution in [2.45, 2.75) is 11.8 Å². The second-order valence-corrected chi connectivity index (χ2v) is 6.94. The van der Waals surface area contributed by atoms with Gasteiger partial charge in [-0.15, -0.1) is 0 Å². The quantitative estimate of drug-likeness (QED) is 0.579. The van der Waals surface area contributed by atoms with E-state index >= 15 is 0 Å². The highest BCUT2D eigenvalue weighted by molar-refractivity contribution is 14.1. The first-order valence-corrected chi connectivity index (χ1v) is 8.26. The van der Waals surface area contributed by atoms with Crippen LogP contribution in [0.5, 0.6) is 11.5 Å². The highest BCUT2D eigenvalue weighted by atomic mass is 127. The minimum atomic E-state index is -3.86. The summed E-state index contributed by atoms with van der Waals surface area (Å²) in [6.07, 6.45) is 0. The largest absolute Gasteiger partial charge is 0.493 e. The maximum atomic E-state index is 12.2. The van der Waals surface area contributed by atoms with Crippen LogP contribution in [0.2, 0.25) is 0 Å². The molecule has 0 aliphatic carbocycles. The molecule has 0 radical (unpaired) electrons. The average molecular weight is 404 g/mol. The number of rotatable bonds is 4. The van der Waals surface area contributed by atoms with Gasteiger partial charge < -0.3 is 8.92 Å². The second kappa shape index (κ2) is 6.01. The third kappa shape index (κ3) is 3.43. The second-order valence-electron chi connectivity index (χ2n) is 4.15. The van der Waals surface area contributed by atoms with E-state index in [1.54, 1.807) is 30.3 Å². The molecule has 0 unspecified atom stereocenters. The van der Waals surface area contributed by atoms with Crippen LogP contribution in [0, 0.1) is 10.5 Å². The van der Waals surface area contributed by atoms with Crippen molar-refractivity contribution < 1.29 is 17.3 Å². The topological polar surface area (TPSA) is 52.6 Å². The van der Waals surface area contributed by atoms with Crippen LogP contribution in [0.25, 0.3) is 0 Å². The van der Waals surface area contributed by atoms with E-state index in [4.69, 9.17) is 8.92 Å². The predicted octanol–water partition coefficient (Wildman–Crippen LogP) is 3.38. The number of benzene rings is 2. The summed E-state index contributed by atoms with van der Waals surface area (Å²) in [6.45, 7) is 1.89. The third-order valence-corrected chi connectivity index (χ3v) is 4.55. The molecule has 106 valence electrons. The van der Waals surface area contributed by atoms with Crippen LogP contribution in [0.15, 0.2) is 47.4 Å². The van der Waals surface area contributed by atoms with Crippen molar-refractivity contribution in [2.75, 3.05) is 7.11 Å². The Labute approximate surface area is 132 Å². The number of ether oxygens (including phenoxy) is 1. The Balaban J connectivity index is 2.35. The third-order valence-electron chi connectivity index (χ3n) is 2.63. The Kier molecular flexibility index (Phi) is 4.54. The van der Waals surface area contributed by atoms with Crippen LogP contribution in [0.4, 0.5) is 0 Å². The van der Waals surface area contributed by atoms with E-state index < -0.39 is 10.1 Å². The van der Waals surface area contributed by atoms with Crippen LogP contribution in [0.3, 0.4) is 0 Å². The summed E-state index contributed by atoms with van der Waals surface area (Å²) >= 11 is 2.11. The lowest BCUT2D eigenvalue weighted by Gasteiger charge is -2.11. The maximum Gasteiger partial charge on any atom is 0.339 e. The first-order chi connectivity index (χ1) is 9.42. The molecule has 0 aromatic heterocycles. The Morgan fingerprint density at radius 3 is 2.25 bits per heavy atom. The number of hydrogen-bond donors (Lipinski definition) is 0. The van der Waals surface area contributed by atoms with E-state index in [0.717, 1.165) is 9.13 Å². The summed E-state index contributed by atoms with van der Waals surface area (Å²) in [7, 11) is -2.39. The highest BCUT2D eigenvalue weighted by Crippen LogP contribution is 2.31. The molecular formula is C14H13IO4S. The molecule has 20 heavy (non-hydrogen) atoms. The Hall–Kier alpha value is -1.28. The van der Waals surface area contributed by atoms with Gasteiger partial charge in [-0.2, -0.15) is 8.42 Å². The van der Waals surface area contributed by atoms with E-state index in [2.05, 4.69) is 22.6 Å². The molecule has 2 aromatic carbocycles. The van der Waals surface area contributed by atoms with Crippen molar-refractivity contribution in [3.8, 4) is 11.5 Å². The van der Waals surface area contributed by atoms with E-state index in [1.807, 2.05) is 6.92 Å². The van der Waals surface area contributed by atoms with E-state index in [9.17, 15) is 8.42 Å². The first kappa shape index (κ1) is 15.1. The Morgan fingerprint density at radius 2 is 1.65 bits per heavy atom. The molecule has 0 aliphatic rings. The minimum absolute atomic E-state index is 0.115. The summed E-state index contributed by atoms with van der Waals surface area (Å²) in [5, 5.41) is 0. The molecule has 0 atom stereocenters. The Morgan fingerprint density at radius 1 is 1.00 bits per heavy atom. The SMILES string of the molecule is COc1cc(I)ccc1OS(=O)(=O)c1ccc(C)cc1. The van der Waals surface area contributed by atoms with Crippen LogP contribution in [-0.2, 0) is 10.1 Å². The summed E-state index contributed by atoms with van der Waals surface area (Å²) in [6, 6.07) is 11.5. The van der Waals surface area contributed by atoms with Crippen LogP contribution >= 0.6 is 22.6 Å². The Bertz CT molecular complexity index is 708. The van der Waals surface area contributed by atoms with Gasteiger partial charge in [0.15, 0.2) is 11.5 Å². The van der Waals surface area contributed by atoms with Gasteiger partial charge in [0.05, 0.1) is 7.11 Å². The molecule has 0 N–H and O–H groups in total. The molecule has 0 saturated carbocycles. The standard InChI is InChI=1S/C14H13IO4S/c1-10-3-6-12(7-4-10)20(16,17)19-13-8-5-11(15)9-14(13)18-2/h3-9H,1-2H3. The summed E-state index contributed by atoms with van der Waals surface area (Å²) < 4.78 is 35.6. The molecule has 0 bridgehead atoms. The lowest BCUT2D eigenvalue weighted by molar-refractivity contribution is 0.390. The lowest BCUT2D eigenvalue weighted by atomic mass is 10.2. The molecule has 0 saturated heterocycles. The van der Waals surface area contributed by atoms with Gasteiger partial charge in [-0.05, 0) is 59.8 Å². The lowest BCUT2D eigenvalue weighted by Crippen LogP contribution is -2.10. The van der Waals surface area contributed by atoms with Crippen molar-refractivity contribution >= 4 is 32.7 Å². The van der Waals surface area contributed by atoms with E-state index in [0.29, 0.717) is 5.75 Å². The maximum absolute atomic E-state index is 12.2. The van der Waals surface area contributed by atoms with Crippen molar-refractivity contribution in [3.63, 3.8) is 0 Å². The molecule has 2 aromatic rings. The number of aryl methyl sites for hydroxylation is 1. The van der Waals surface area contributed by atoms with Gasteiger partial charge in [0.25, 0.3) is 0 Å². The van der Waals surface area contributed by atoms with Gasteiger partial charge in [0.1, 0.15) is 4.90 Å². The zero-order valence-corrected chi connectivity index (χ0v) is 13.9. The van der Waals surface area contributed by atoms with Gasteiger partial charge in [-0.25, -0.2) is 0 Å². The van der Waals surface area contributed by atoms with Crippen molar-refractivity contribution in [1.82, 2.24) is 0 Å². The molecular weight excluding hydrogens is 391 g/mol. The van der Waals surface area contributed by atoms with Crippen LogP contribution in [-0.4, -0.2) is 15.5 Å². The van der Waals surface area contributed by atoms with Gasteiger partial charge in [-0.3, -0.25) is 0 Å². The molecule has 2 rings (SSSR count). The molecule has 0 aliphatic heterocycles. The number of hydrogen-bond acceptors (Lipinski definition) is 4. The molecule has 0 heterocycles. The highest BCUT2D eigenvalue weighted by Gasteiger charge is 2.18. The zero-order valence-electron chi connectivity index (χ0n) is 11.0.